The number of benzene rings is 1. The third-order valence-corrected chi connectivity index (χ3v) is 3.16. The average molecular weight is 295 g/mol. The summed E-state index contributed by atoms with van der Waals surface area (Å²) in [6.07, 6.45) is 0. The van der Waals surface area contributed by atoms with E-state index in [4.69, 9.17) is 19.3 Å². The minimum absolute atomic E-state index is 0.00358. The molecule has 0 radical (unpaired) electrons. The van der Waals surface area contributed by atoms with Gasteiger partial charge in [-0.3, -0.25) is 4.79 Å². The Morgan fingerprint density at radius 3 is 2.62 bits per heavy atom. The number of carbonyl (C=O) groups excluding carboxylic acids is 1. The van der Waals surface area contributed by atoms with E-state index in [0.717, 1.165) is 0 Å². The van der Waals surface area contributed by atoms with Crippen molar-refractivity contribution in [2.45, 2.75) is 6.04 Å². The molecule has 1 aromatic rings. The molecule has 114 valence electrons. The minimum atomic E-state index is -1.08. The lowest BCUT2D eigenvalue weighted by Crippen LogP contribution is -2.53. The normalized spacial score (nSPS) is 18.1. The molecule has 0 saturated carbocycles. The smallest absolute Gasteiger partial charge is 0.328 e. The topological polar surface area (TPSA) is 85.3 Å². The molecule has 0 aromatic heterocycles. The summed E-state index contributed by atoms with van der Waals surface area (Å²) in [7, 11) is 1.56. The molecule has 1 saturated heterocycles. The molecule has 0 aliphatic carbocycles. The van der Waals surface area contributed by atoms with Crippen LogP contribution in [0.5, 0.6) is 11.5 Å². The zero-order valence-electron chi connectivity index (χ0n) is 11.7. The van der Waals surface area contributed by atoms with Crippen LogP contribution in [0.15, 0.2) is 24.3 Å². The summed E-state index contributed by atoms with van der Waals surface area (Å²) in [5, 5.41) is 9.07. The van der Waals surface area contributed by atoms with Gasteiger partial charge < -0.3 is 24.2 Å². The highest BCUT2D eigenvalue weighted by Crippen LogP contribution is 2.17. The predicted octanol–water partition coefficient (Wildman–Crippen LogP) is 0.386. The van der Waals surface area contributed by atoms with E-state index >= 15 is 0 Å². The van der Waals surface area contributed by atoms with Crippen molar-refractivity contribution in [3.63, 3.8) is 0 Å². The molecule has 0 bridgehead atoms. The van der Waals surface area contributed by atoms with Crippen molar-refractivity contribution < 1.29 is 28.9 Å². The lowest BCUT2D eigenvalue weighted by Gasteiger charge is -2.32. The monoisotopic (exact) mass is 295 g/mol. The maximum Gasteiger partial charge on any atom is 0.328 e. The van der Waals surface area contributed by atoms with E-state index in [2.05, 4.69) is 0 Å². The van der Waals surface area contributed by atoms with Crippen molar-refractivity contribution in [2.24, 2.45) is 0 Å². The Balaban J connectivity index is 1.91. The van der Waals surface area contributed by atoms with Gasteiger partial charge in [0.25, 0.3) is 5.91 Å². The van der Waals surface area contributed by atoms with E-state index in [9.17, 15) is 9.59 Å². The van der Waals surface area contributed by atoms with E-state index in [-0.39, 0.29) is 25.7 Å². The van der Waals surface area contributed by atoms with Gasteiger partial charge in [-0.25, -0.2) is 4.79 Å². The second-order valence-electron chi connectivity index (χ2n) is 4.48. The fourth-order valence-corrected chi connectivity index (χ4v) is 2.01. The summed E-state index contributed by atoms with van der Waals surface area (Å²) in [6.45, 7) is 0.375. The Morgan fingerprint density at radius 2 is 2.00 bits per heavy atom. The first-order chi connectivity index (χ1) is 10.1. The molecule has 1 amide bonds. The van der Waals surface area contributed by atoms with Crippen LogP contribution in [0, 0.1) is 0 Å². The van der Waals surface area contributed by atoms with Crippen LogP contribution in [0.4, 0.5) is 0 Å². The Bertz CT molecular complexity index is 501. The van der Waals surface area contributed by atoms with E-state index in [1.807, 2.05) is 0 Å². The molecular formula is C14H17NO6. The van der Waals surface area contributed by atoms with Gasteiger partial charge in [0.05, 0.1) is 20.3 Å². The van der Waals surface area contributed by atoms with E-state index < -0.39 is 12.0 Å². The van der Waals surface area contributed by atoms with Crippen LogP contribution >= 0.6 is 0 Å². The summed E-state index contributed by atoms with van der Waals surface area (Å²) < 4.78 is 15.5. The van der Waals surface area contributed by atoms with Crippen LogP contribution in [0.1, 0.15) is 0 Å². The number of ether oxygens (including phenoxy) is 3. The van der Waals surface area contributed by atoms with Gasteiger partial charge in [0.15, 0.2) is 12.6 Å². The maximum absolute atomic E-state index is 12.1. The van der Waals surface area contributed by atoms with Gasteiger partial charge in [-0.05, 0) is 24.3 Å². The maximum atomic E-state index is 12.1. The van der Waals surface area contributed by atoms with Crippen LogP contribution in [-0.4, -0.2) is 61.4 Å². The SMILES string of the molecule is COc1ccc(OCC(=O)N2CCOCC2C(=O)O)cc1. The molecule has 0 spiro atoms. The molecule has 1 aliphatic heterocycles. The van der Waals surface area contributed by atoms with Crippen LogP contribution in [0.3, 0.4) is 0 Å². The minimum Gasteiger partial charge on any atom is -0.497 e. The van der Waals surface area contributed by atoms with Crippen LogP contribution in [0.25, 0.3) is 0 Å². The van der Waals surface area contributed by atoms with Crippen LogP contribution < -0.4 is 9.47 Å². The number of hydrogen-bond acceptors (Lipinski definition) is 5. The molecule has 21 heavy (non-hydrogen) atoms. The van der Waals surface area contributed by atoms with Crippen molar-refractivity contribution >= 4 is 11.9 Å². The van der Waals surface area contributed by atoms with Gasteiger partial charge in [0.2, 0.25) is 0 Å². The molecule has 1 fully saturated rings. The quantitative estimate of drug-likeness (QED) is 0.845. The highest BCUT2D eigenvalue weighted by Gasteiger charge is 2.32. The molecule has 7 heteroatoms. The Morgan fingerprint density at radius 1 is 1.33 bits per heavy atom. The van der Waals surface area contributed by atoms with Crippen LogP contribution in [0.2, 0.25) is 0 Å². The zero-order valence-corrected chi connectivity index (χ0v) is 11.7. The van der Waals surface area contributed by atoms with Gasteiger partial charge >= 0.3 is 5.97 Å². The fraction of sp³-hybridized carbons (Fsp3) is 0.429. The predicted molar refractivity (Wildman–Crippen MR) is 72.4 cm³/mol. The van der Waals surface area contributed by atoms with E-state index in [1.54, 1.807) is 31.4 Å². The number of hydrogen-bond donors (Lipinski definition) is 1. The second kappa shape index (κ2) is 6.94. The van der Waals surface area contributed by atoms with E-state index in [1.165, 1.54) is 4.90 Å². The van der Waals surface area contributed by atoms with Crippen molar-refractivity contribution in [1.29, 1.82) is 0 Å². The first-order valence-corrected chi connectivity index (χ1v) is 6.48. The Hall–Kier alpha value is -2.28. The molecule has 1 aromatic carbocycles. The highest BCUT2D eigenvalue weighted by molar-refractivity contribution is 5.84. The van der Waals surface area contributed by atoms with Crippen molar-refractivity contribution in [3.05, 3.63) is 24.3 Å². The number of carboxylic acid groups (broad SMARTS) is 1. The average Bonchev–Trinajstić information content (AvgIpc) is 2.53. The number of nitrogens with zero attached hydrogens (tertiary/aromatic N) is 1. The lowest BCUT2D eigenvalue weighted by molar-refractivity contribution is -0.159. The summed E-state index contributed by atoms with van der Waals surface area (Å²) in [4.78, 5) is 24.4. The highest BCUT2D eigenvalue weighted by atomic mass is 16.5. The summed E-state index contributed by atoms with van der Waals surface area (Å²) in [5.41, 5.74) is 0. The number of morpholine rings is 1. The molecule has 1 unspecified atom stereocenters. The first kappa shape index (κ1) is 15.1. The zero-order chi connectivity index (χ0) is 15.2. The number of carboxylic acids is 1. The van der Waals surface area contributed by atoms with Gasteiger partial charge in [-0.1, -0.05) is 0 Å². The summed E-state index contributed by atoms with van der Waals surface area (Å²) >= 11 is 0. The lowest BCUT2D eigenvalue weighted by atomic mass is 10.2. The first-order valence-electron chi connectivity index (χ1n) is 6.48. The largest absolute Gasteiger partial charge is 0.497 e. The van der Waals surface area contributed by atoms with E-state index in [0.29, 0.717) is 18.1 Å². The molecule has 1 heterocycles. The number of aliphatic carboxylic acids is 1. The molecule has 1 aliphatic rings. The van der Waals surface area contributed by atoms with Gasteiger partial charge in [-0.15, -0.1) is 0 Å². The molecule has 2 rings (SSSR count). The van der Waals surface area contributed by atoms with Crippen molar-refractivity contribution in [1.82, 2.24) is 4.90 Å². The van der Waals surface area contributed by atoms with Crippen LogP contribution in [-0.2, 0) is 14.3 Å². The molecule has 1 N–H and O–H groups in total. The standard InChI is InChI=1S/C14H17NO6/c1-19-10-2-4-11(5-3-10)21-9-13(16)15-6-7-20-8-12(15)14(17)18/h2-5,12H,6-9H2,1H3,(H,17,18). The van der Waals surface area contributed by atoms with Gasteiger partial charge in [0, 0.05) is 6.54 Å². The third kappa shape index (κ3) is 3.85. The number of carbonyl (C=O) groups is 2. The summed E-state index contributed by atoms with van der Waals surface area (Å²) in [5.74, 6) is -0.244. The third-order valence-electron chi connectivity index (χ3n) is 3.16. The summed E-state index contributed by atoms with van der Waals surface area (Å²) in [6, 6.07) is 5.84. The fourth-order valence-electron chi connectivity index (χ4n) is 2.01. The molecular weight excluding hydrogens is 278 g/mol. The number of amides is 1. The van der Waals surface area contributed by atoms with Crippen molar-refractivity contribution in [3.8, 4) is 11.5 Å². The van der Waals surface area contributed by atoms with Crippen molar-refractivity contribution in [2.75, 3.05) is 33.5 Å². The van der Waals surface area contributed by atoms with Gasteiger partial charge in [-0.2, -0.15) is 0 Å². The Labute approximate surface area is 122 Å². The molecule has 7 nitrogen and oxygen atoms in total. The van der Waals surface area contributed by atoms with Gasteiger partial charge in [0.1, 0.15) is 11.5 Å². The Kier molecular flexibility index (Phi) is 4.99. The number of methoxy groups -OCH3 is 1. The molecule has 1 atom stereocenters. The number of rotatable bonds is 5. The second-order valence-corrected chi connectivity index (χ2v) is 4.48.